The highest BCUT2D eigenvalue weighted by atomic mass is 16.6. The third-order valence-corrected chi connectivity index (χ3v) is 15.2. The zero-order valence-corrected chi connectivity index (χ0v) is 52.2. The first-order valence-corrected chi connectivity index (χ1v) is 34.3. The average molecular weight is 1090 g/mol. The molecular formula is C72H130O6. The van der Waals surface area contributed by atoms with Gasteiger partial charge >= 0.3 is 17.9 Å². The fraction of sp³-hybridized carbons (Fsp3) is 0.819. The molecule has 0 aromatic heterocycles. The van der Waals surface area contributed by atoms with Crippen molar-refractivity contribution in [1.82, 2.24) is 0 Å². The van der Waals surface area contributed by atoms with Gasteiger partial charge in [0, 0.05) is 19.3 Å². The fourth-order valence-electron chi connectivity index (χ4n) is 10.0. The molecule has 0 heterocycles. The molecule has 0 spiro atoms. The summed E-state index contributed by atoms with van der Waals surface area (Å²) in [7, 11) is 0. The summed E-state index contributed by atoms with van der Waals surface area (Å²) >= 11 is 0. The van der Waals surface area contributed by atoms with Crippen LogP contribution in [0.25, 0.3) is 0 Å². The lowest BCUT2D eigenvalue weighted by atomic mass is 10.0. The maximum Gasteiger partial charge on any atom is 0.306 e. The summed E-state index contributed by atoms with van der Waals surface area (Å²) in [6.45, 7) is 6.65. The molecule has 0 aromatic carbocycles. The van der Waals surface area contributed by atoms with Gasteiger partial charge in [0.15, 0.2) is 6.10 Å². The molecule has 0 aliphatic heterocycles. The first-order valence-electron chi connectivity index (χ1n) is 34.3. The fourth-order valence-corrected chi connectivity index (χ4v) is 10.0. The third kappa shape index (κ3) is 63.9. The van der Waals surface area contributed by atoms with Gasteiger partial charge in [-0.3, -0.25) is 14.4 Å². The second-order valence-corrected chi connectivity index (χ2v) is 23.1. The van der Waals surface area contributed by atoms with Crippen LogP contribution in [0.15, 0.2) is 60.8 Å². The van der Waals surface area contributed by atoms with Crippen molar-refractivity contribution in [3.8, 4) is 0 Å². The molecule has 0 saturated heterocycles. The minimum atomic E-state index is -0.781. The maximum atomic E-state index is 12.9. The molecule has 0 saturated carbocycles. The van der Waals surface area contributed by atoms with Gasteiger partial charge in [0.05, 0.1) is 0 Å². The van der Waals surface area contributed by atoms with E-state index in [1.165, 1.54) is 244 Å². The Morgan fingerprint density at radius 1 is 0.256 bits per heavy atom. The van der Waals surface area contributed by atoms with Crippen molar-refractivity contribution in [2.75, 3.05) is 13.2 Å². The maximum absolute atomic E-state index is 12.9. The Morgan fingerprint density at radius 3 is 0.718 bits per heavy atom. The highest BCUT2D eigenvalue weighted by molar-refractivity contribution is 5.71. The first-order chi connectivity index (χ1) is 38.5. The van der Waals surface area contributed by atoms with Crippen LogP contribution in [-0.2, 0) is 28.6 Å². The summed E-state index contributed by atoms with van der Waals surface area (Å²) in [5.74, 6) is -0.870. The van der Waals surface area contributed by atoms with E-state index in [2.05, 4.69) is 81.5 Å². The van der Waals surface area contributed by atoms with E-state index in [4.69, 9.17) is 14.2 Å². The summed E-state index contributed by atoms with van der Waals surface area (Å²) in [6, 6.07) is 0. The SMILES string of the molecule is CCCCCCC/C=C\C/C=C\CCCCCCCCCCCCCCCC(=O)OCC(COC(=O)CCCCCCC/C=C\CCCCCCC)OC(=O)CCCCCCCCCCC/C=C\C/C=C\CCCCCCC. The molecule has 0 aliphatic carbocycles. The van der Waals surface area contributed by atoms with Gasteiger partial charge in [0.25, 0.3) is 0 Å². The van der Waals surface area contributed by atoms with Crippen LogP contribution >= 0.6 is 0 Å². The predicted octanol–water partition coefficient (Wildman–Crippen LogP) is 23.5. The van der Waals surface area contributed by atoms with Gasteiger partial charge in [-0.05, 0) is 109 Å². The topological polar surface area (TPSA) is 78.9 Å². The monoisotopic (exact) mass is 1090 g/mol. The van der Waals surface area contributed by atoms with Gasteiger partial charge < -0.3 is 14.2 Å². The van der Waals surface area contributed by atoms with Crippen LogP contribution in [-0.4, -0.2) is 37.2 Å². The van der Waals surface area contributed by atoms with Crippen molar-refractivity contribution in [3.05, 3.63) is 60.8 Å². The van der Waals surface area contributed by atoms with Crippen LogP contribution in [0.5, 0.6) is 0 Å². The van der Waals surface area contributed by atoms with E-state index in [-0.39, 0.29) is 31.1 Å². The molecular weight excluding hydrogens is 961 g/mol. The minimum Gasteiger partial charge on any atom is -0.462 e. The van der Waals surface area contributed by atoms with Crippen LogP contribution in [0.3, 0.4) is 0 Å². The number of unbranched alkanes of at least 4 members (excludes halogenated alkanes) is 42. The molecule has 6 nitrogen and oxygen atoms in total. The van der Waals surface area contributed by atoms with Crippen molar-refractivity contribution in [2.24, 2.45) is 0 Å². The molecule has 1 atom stereocenters. The summed E-state index contributed by atoms with van der Waals surface area (Å²) in [5.41, 5.74) is 0. The summed E-state index contributed by atoms with van der Waals surface area (Å²) in [5, 5.41) is 0. The molecule has 6 heteroatoms. The number of ether oxygens (including phenoxy) is 3. The van der Waals surface area contributed by atoms with Crippen molar-refractivity contribution in [2.45, 2.75) is 367 Å². The number of hydrogen-bond donors (Lipinski definition) is 0. The van der Waals surface area contributed by atoms with Crippen molar-refractivity contribution < 1.29 is 28.6 Å². The molecule has 78 heavy (non-hydrogen) atoms. The van der Waals surface area contributed by atoms with E-state index in [0.29, 0.717) is 19.3 Å². The largest absolute Gasteiger partial charge is 0.462 e. The molecule has 0 amide bonds. The average Bonchev–Trinajstić information content (AvgIpc) is 3.44. The first kappa shape index (κ1) is 75.1. The number of hydrogen-bond acceptors (Lipinski definition) is 6. The number of esters is 3. The van der Waals surface area contributed by atoms with E-state index in [1.54, 1.807) is 0 Å². The van der Waals surface area contributed by atoms with Crippen LogP contribution in [0.2, 0.25) is 0 Å². The lowest BCUT2D eigenvalue weighted by molar-refractivity contribution is -0.167. The van der Waals surface area contributed by atoms with E-state index >= 15 is 0 Å². The second kappa shape index (κ2) is 66.6. The Balaban J connectivity index is 4.30. The van der Waals surface area contributed by atoms with E-state index in [9.17, 15) is 14.4 Å². The number of carbonyl (C=O) groups excluding carboxylic acids is 3. The summed E-state index contributed by atoms with van der Waals surface area (Å²) in [6.07, 6.45) is 85.2. The molecule has 1 unspecified atom stereocenters. The molecule has 0 aliphatic rings. The molecule has 0 aromatic rings. The third-order valence-electron chi connectivity index (χ3n) is 15.2. The quantitative estimate of drug-likeness (QED) is 0.0261. The lowest BCUT2D eigenvalue weighted by Crippen LogP contribution is -2.30. The molecule has 454 valence electrons. The van der Waals surface area contributed by atoms with Gasteiger partial charge in [-0.2, -0.15) is 0 Å². The molecule has 0 N–H and O–H groups in total. The lowest BCUT2D eigenvalue weighted by Gasteiger charge is -2.18. The zero-order chi connectivity index (χ0) is 56.4. The van der Waals surface area contributed by atoms with E-state index < -0.39 is 6.10 Å². The number of allylic oxidation sites excluding steroid dienone is 10. The highest BCUT2D eigenvalue weighted by Gasteiger charge is 2.19. The number of rotatable bonds is 63. The van der Waals surface area contributed by atoms with E-state index in [0.717, 1.165) is 77.0 Å². The second-order valence-electron chi connectivity index (χ2n) is 23.1. The Labute approximate surface area is 485 Å². The van der Waals surface area contributed by atoms with Crippen LogP contribution in [0.4, 0.5) is 0 Å². The Morgan fingerprint density at radius 2 is 0.462 bits per heavy atom. The smallest absolute Gasteiger partial charge is 0.306 e. The molecule has 0 fully saturated rings. The van der Waals surface area contributed by atoms with Crippen LogP contribution < -0.4 is 0 Å². The van der Waals surface area contributed by atoms with Gasteiger partial charge in [0.2, 0.25) is 0 Å². The predicted molar refractivity (Wildman–Crippen MR) is 339 cm³/mol. The van der Waals surface area contributed by atoms with Crippen molar-refractivity contribution in [1.29, 1.82) is 0 Å². The minimum absolute atomic E-state index is 0.0765. The van der Waals surface area contributed by atoms with Crippen molar-refractivity contribution >= 4 is 17.9 Å². The standard InChI is InChI=1S/C72H130O6/c1-4-7-10-13-16-19-22-25-28-30-32-34-35-36-37-39-40-42-44-47-50-53-56-59-62-65-71(74)77-68-69(67-76-70(73)64-61-58-55-52-49-46-27-24-21-18-15-12-9-6-3)78-72(75)66-63-60-57-54-51-48-45-43-41-38-33-31-29-26-23-20-17-14-11-8-5-2/h22-27,30-33,69H,4-21,28-29,34-68H2,1-3H3/b25-22-,26-23-,27-24-,32-30-,33-31-. The molecule has 0 bridgehead atoms. The Hall–Kier alpha value is -2.89. The van der Waals surface area contributed by atoms with E-state index in [1.807, 2.05) is 0 Å². The Kier molecular flexibility index (Phi) is 64.2. The summed E-state index contributed by atoms with van der Waals surface area (Å²) < 4.78 is 17.0. The van der Waals surface area contributed by atoms with Crippen LogP contribution in [0.1, 0.15) is 361 Å². The Bertz CT molecular complexity index is 1390. The van der Waals surface area contributed by atoms with Crippen molar-refractivity contribution in [3.63, 3.8) is 0 Å². The van der Waals surface area contributed by atoms with Gasteiger partial charge in [-0.1, -0.05) is 293 Å². The normalized spacial score (nSPS) is 12.4. The highest BCUT2D eigenvalue weighted by Crippen LogP contribution is 2.17. The molecule has 0 radical (unpaired) electrons. The van der Waals surface area contributed by atoms with Gasteiger partial charge in [-0.25, -0.2) is 0 Å². The van der Waals surface area contributed by atoms with Crippen LogP contribution in [0, 0.1) is 0 Å². The number of carbonyl (C=O) groups is 3. The molecule has 0 rings (SSSR count). The summed E-state index contributed by atoms with van der Waals surface area (Å²) in [4.78, 5) is 38.4. The van der Waals surface area contributed by atoms with Gasteiger partial charge in [-0.15, -0.1) is 0 Å². The van der Waals surface area contributed by atoms with Gasteiger partial charge in [0.1, 0.15) is 13.2 Å². The zero-order valence-electron chi connectivity index (χ0n) is 52.2.